The summed E-state index contributed by atoms with van der Waals surface area (Å²) in [7, 11) is 0. The van der Waals surface area contributed by atoms with E-state index in [4.69, 9.17) is 11.6 Å². The molecule has 1 rings (SSSR count). The summed E-state index contributed by atoms with van der Waals surface area (Å²) in [6.45, 7) is 1.24. The Morgan fingerprint density at radius 1 is 1.44 bits per heavy atom. The molecule has 0 aliphatic heterocycles. The molecule has 6 heteroatoms. The van der Waals surface area contributed by atoms with Crippen LogP contribution in [0, 0.1) is 10.1 Å². The van der Waals surface area contributed by atoms with Gasteiger partial charge in [0.2, 0.25) is 0 Å². The highest BCUT2D eigenvalue weighted by Gasteiger charge is 2.23. The molecule has 0 radical (unpaired) electrons. The highest BCUT2D eigenvalue weighted by Crippen LogP contribution is 2.28. The van der Waals surface area contributed by atoms with Crippen molar-refractivity contribution in [3.05, 3.63) is 38.9 Å². The zero-order chi connectivity index (χ0) is 12.3. The topological polar surface area (TPSA) is 77.3 Å². The standard InChI is InChI=1S/C10H8ClNO4/c1-6(13)5-9(14)7-3-2-4-8(11)10(7)12(15)16/h2-4H,5H2,1H3. The summed E-state index contributed by atoms with van der Waals surface area (Å²) in [5.41, 5.74) is -0.580. The number of carbonyl (C=O) groups is 2. The van der Waals surface area contributed by atoms with Crippen molar-refractivity contribution in [2.75, 3.05) is 0 Å². The Hall–Kier alpha value is -1.75. The minimum Gasteiger partial charge on any atom is -0.300 e. The number of carbonyl (C=O) groups excluding carboxylic acids is 2. The van der Waals surface area contributed by atoms with Crippen LogP contribution in [0.5, 0.6) is 0 Å². The minimum absolute atomic E-state index is 0.112. The number of ketones is 2. The monoisotopic (exact) mass is 241 g/mol. The Morgan fingerprint density at radius 3 is 2.56 bits per heavy atom. The molecule has 0 fully saturated rings. The molecule has 0 aromatic heterocycles. The van der Waals surface area contributed by atoms with Gasteiger partial charge in [-0.3, -0.25) is 19.7 Å². The summed E-state index contributed by atoms with van der Waals surface area (Å²) in [4.78, 5) is 32.3. The van der Waals surface area contributed by atoms with E-state index in [9.17, 15) is 19.7 Å². The van der Waals surface area contributed by atoms with Crippen LogP contribution in [0.3, 0.4) is 0 Å². The fourth-order valence-corrected chi connectivity index (χ4v) is 1.49. The lowest BCUT2D eigenvalue weighted by atomic mass is 10.0. The third kappa shape index (κ3) is 2.64. The number of hydrogen-bond donors (Lipinski definition) is 0. The van der Waals surface area contributed by atoms with Gasteiger partial charge >= 0.3 is 0 Å². The number of nitrogens with zero attached hydrogens (tertiary/aromatic N) is 1. The predicted molar refractivity (Wildman–Crippen MR) is 57.7 cm³/mol. The van der Waals surface area contributed by atoms with Gasteiger partial charge in [0.1, 0.15) is 10.8 Å². The number of para-hydroxylation sites is 1. The van der Waals surface area contributed by atoms with Gasteiger partial charge in [-0.2, -0.15) is 0 Å². The molecule has 16 heavy (non-hydrogen) atoms. The van der Waals surface area contributed by atoms with E-state index < -0.39 is 16.4 Å². The highest BCUT2D eigenvalue weighted by atomic mass is 35.5. The van der Waals surface area contributed by atoms with E-state index in [1.54, 1.807) is 0 Å². The Balaban J connectivity index is 3.23. The molecule has 0 saturated heterocycles. The second-order valence-electron chi connectivity index (χ2n) is 3.20. The molecule has 0 aliphatic rings. The van der Waals surface area contributed by atoms with Crippen molar-refractivity contribution in [1.29, 1.82) is 0 Å². The molecule has 0 aliphatic carbocycles. The van der Waals surface area contributed by atoms with E-state index in [-0.39, 0.29) is 22.8 Å². The molecule has 84 valence electrons. The first-order chi connectivity index (χ1) is 7.43. The van der Waals surface area contributed by atoms with Crippen LogP contribution in [0.2, 0.25) is 5.02 Å². The average Bonchev–Trinajstić information content (AvgIpc) is 2.15. The molecule has 1 aromatic carbocycles. The first-order valence-electron chi connectivity index (χ1n) is 4.39. The molecule has 0 bridgehead atoms. The zero-order valence-electron chi connectivity index (χ0n) is 8.40. The molecule has 5 nitrogen and oxygen atoms in total. The second-order valence-corrected chi connectivity index (χ2v) is 3.60. The molecule has 0 N–H and O–H groups in total. The van der Waals surface area contributed by atoms with Crippen molar-refractivity contribution < 1.29 is 14.5 Å². The zero-order valence-corrected chi connectivity index (χ0v) is 9.15. The Kier molecular flexibility index (Phi) is 3.73. The van der Waals surface area contributed by atoms with Crippen molar-refractivity contribution in [2.45, 2.75) is 13.3 Å². The van der Waals surface area contributed by atoms with Crippen molar-refractivity contribution in [2.24, 2.45) is 0 Å². The van der Waals surface area contributed by atoms with E-state index in [0.29, 0.717) is 0 Å². The SMILES string of the molecule is CC(=O)CC(=O)c1cccc(Cl)c1[N+](=O)[O-]. The van der Waals surface area contributed by atoms with Crippen LogP contribution in [0.15, 0.2) is 18.2 Å². The predicted octanol–water partition coefficient (Wildman–Crippen LogP) is 2.41. The quantitative estimate of drug-likeness (QED) is 0.351. The largest absolute Gasteiger partial charge is 0.300 e. The second kappa shape index (κ2) is 4.85. The third-order valence-electron chi connectivity index (χ3n) is 1.88. The fraction of sp³-hybridized carbons (Fsp3) is 0.200. The van der Waals surface area contributed by atoms with Gasteiger partial charge in [-0.25, -0.2) is 0 Å². The van der Waals surface area contributed by atoms with Gasteiger partial charge in [0.05, 0.1) is 16.9 Å². The summed E-state index contributed by atoms with van der Waals surface area (Å²) in [5.74, 6) is -0.944. The van der Waals surface area contributed by atoms with Gasteiger partial charge in [-0.15, -0.1) is 0 Å². The van der Waals surface area contributed by atoms with Crippen LogP contribution in [0.25, 0.3) is 0 Å². The number of Topliss-reactive ketones (excluding diaryl/α,β-unsaturated/α-hetero) is 2. The molecule has 0 heterocycles. The highest BCUT2D eigenvalue weighted by molar-refractivity contribution is 6.33. The van der Waals surface area contributed by atoms with Gasteiger partial charge in [-0.1, -0.05) is 17.7 Å². The minimum atomic E-state index is -0.726. The van der Waals surface area contributed by atoms with E-state index in [1.165, 1.54) is 25.1 Å². The van der Waals surface area contributed by atoms with Crippen LogP contribution in [-0.4, -0.2) is 16.5 Å². The number of halogens is 1. The number of nitro groups is 1. The number of nitro benzene ring substituents is 1. The summed E-state index contributed by atoms with van der Waals surface area (Å²) in [6, 6.07) is 4.04. The van der Waals surface area contributed by atoms with Gasteiger partial charge in [0.25, 0.3) is 5.69 Å². The lowest BCUT2D eigenvalue weighted by molar-refractivity contribution is -0.385. The van der Waals surface area contributed by atoms with Crippen molar-refractivity contribution in [3.63, 3.8) is 0 Å². The molecule has 0 saturated carbocycles. The molecule has 0 atom stereocenters. The maximum Gasteiger partial charge on any atom is 0.298 e. The Labute approximate surface area is 96.2 Å². The molecular weight excluding hydrogens is 234 g/mol. The maximum atomic E-state index is 11.5. The van der Waals surface area contributed by atoms with Crippen LogP contribution < -0.4 is 0 Å². The molecule has 1 aromatic rings. The lowest BCUT2D eigenvalue weighted by Crippen LogP contribution is -2.08. The summed E-state index contributed by atoms with van der Waals surface area (Å²) >= 11 is 5.63. The average molecular weight is 242 g/mol. The van der Waals surface area contributed by atoms with E-state index >= 15 is 0 Å². The normalized spacial score (nSPS) is 9.88. The fourth-order valence-electron chi connectivity index (χ4n) is 1.25. The maximum absolute atomic E-state index is 11.5. The van der Waals surface area contributed by atoms with Crippen LogP contribution in [-0.2, 0) is 4.79 Å². The van der Waals surface area contributed by atoms with Gasteiger partial charge in [0, 0.05) is 0 Å². The van der Waals surface area contributed by atoms with E-state index in [2.05, 4.69) is 0 Å². The summed E-state index contributed by atoms with van der Waals surface area (Å²) in [5, 5.41) is 10.6. The molecule has 0 amide bonds. The number of hydrogen-bond acceptors (Lipinski definition) is 4. The Bertz CT molecular complexity index is 470. The molecular formula is C10H8ClNO4. The van der Waals surface area contributed by atoms with Crippen molar-refractivity contribution in [1.82, 2.24) is 0 Å². The van der Waals surface area contributed by atoms with Gasteiger partial charge in [-0.05, 0) is 19.1 Å². The van der Waals surface area contributed by atoms with Crippen LogP contribution in [0.4, 0.5) is 5.69 Å². The molecule has 0 unspecified atom stereocenters. The smallest absolute Gasteiger partial charge is 0.298 e. The van der Waals surface area contributed by atoms with E-state index in [1.807, 2.05) is 0 Å². The number of rotatable bonds is 4. The van der Waals surface area contributed by atoms with Gasteiger partial charge < -0.3 is 0 Å². The third-order valence-corrected chi connectivity index (χ3v) is 2.18. The first kappa shape index (κ1) is 12.3. The lowest BCUT2D eigenvalue weighted by Gasteiger charge is -2.01. The van der Waals surface area contributed by atoms with E-state index in [0.717, 1.165) is 0 Å². The first-order valence-corrected chi connectivity index (χ1v) is 4.77. The van der Waals surface area contributed by atoms with Crippen LogP contribution >= 0.6 is 11.6 Å². The number of benzene rings is 1. The van der Waals surface area contributed by atoms with Crippen LogP contribution in [0.1, 0.15) is 23.7 Å². The van der Waals surface area contributed by atoms with Crippen molar-refractivity contribution >= 4 is 28.9 Å². The van der Waals surface area contributed by atoms with Crippen molar-refractivity contribution in [3.8, 4) is 0 Å². The Morgan fingerprint density at radius 2 is 2.06 bits per heavy atom. The van der Waals surface area contributed by atoms with Gasteiger partial charge in [0.15, 0.2) is 5.78 Å². The summed E-state index contributed by atoms with van der Waals surface area (Å²) in [6.07, 6.45) is -0.360. The summed E-state index contributed by atoms with van der Waals surface area (Å²) < 4.78 is 0. The molecule has 0 spiro atoms.